The van der Waals surface area contributed by atoms with E-state index in [9.17, 15) is 14.7 Å². The monoisotopic (exact) mass is 282 g/mol. The molecule has 19 heavy (non-hydrogen) atoms. The Labute approximate surface area is 117 Å². The first-order chi connectivity index (χ1) is 8.91. The van der Waals surface area contributed by atoms with Crippen LogP contribution in [0.4, 0.5) is 0 Å². The number of hydrogen-bond acceptors (Lipinski definition) is 4. The Morgan fingerprint density at radius 3 is 2.42 bits per heavy atom. The summed E-state index contributed by atoms with van der Waals surface area (Å²) in [7, 11) is 0. The summed E-state index contributed by atoms with van der Waals surface area (Å²) in [6, 6.07) is 7.49. The van der Waals surface area contributed by atoms with Crippen LogP contribution in [-0.4, -0.2) is 34.3 Å². The maximum Gasteiger partial charge on any atom is 0.237 e. The summed E-state index contributed by atoms with van der Waals surface area (Å²) in [4.78, 5) is 23.0. The van der Waals surface area contributed by atoms with Gasteiger partial charge >= 0.3 is 0 Å². The van der Waals surface area contributed by atoms with Crippen LogP contribution >= 0.6 is 12.6 Å². The molecule has 1 aromatic rings. The molecule has 4 N–H and O–H groups in total. The molecule has 0 unspecified atom stereocenters. The summed E-state index contributed by atoms with van der Waals surface area (Å²) in [5.74, 6) is -0.489. The van der Waals surface area contributed by atoms with E-state index in [4.69, 9.17) is 5.73 Å². The van der Waals surface area contributed by atoms with Gasteiger partial charge in [-0.15, -0.1) is 12.6 Å². The topological polar surface area (TPSA) is 92.4 Å². The van der Waals surface area contributed by atoms with Crippen LogP contribution < -0.4 is 11.1 Å². The van der Waals surface area contributed by atoms with Gasteiger partial charge in [0.05, 0.1) is 12.1 Å². The van der Waals surface area contributed by atoms with Crippen LogP contribution in [0.5, 0.6) is 0 Å². The molecule has 3 atom stereocenters. The Balaban J connectivity index is 2.60. The minimum atomic E-state index is -1.04. The van der Waals surface area contributed by atoms with Gasteiger partial charge in [0.2, 0.25) is 11.0 Å². The molecule has 0 fully saturated rings. The van der Waals surface area contributed by atoms with Gasteiger partial charge in [-0.25, -0.2) is 0 Å². The molecule has 0 saturated carbocycles. The maximum absolute atomic E-state index is 11.8. The minimum absolute atomic E-state index is 0.361. The maximum atomic E-state index is 11.8. The molecular formula is C13H18N2O3S. The molecule has 0 aliphatic rings. The molecule has 6 heteroatoms. The van der Waals surface area contributed by atoms with Gasteiger partial charge in [-0.3, -0.25) is 9.59 Å². The predicted molar refractivity (Wildman–Crippen MR) is 75.7 cm³/mol. The quantitative estimate of drug-likeness (QED) is 0.547. The van der Waals surface area contributed by atoms with Gasteiger partial charge in [0.15, 0.2) is 0 Å². The van der Waals surface area contributed by atoms with Crippen molar-refractivity contribution in [3.05, 3.63) is 35.9 Å². The highest BCUT2D eigenvalue weighted by atomic mass is 32.1. The SMILES string of the molecule is C[C@@H](O)[C@H](NC(=O)[C@@H](N)Cc1ccccc1)C(=O)S. The van der Waals surface area contributed by atoms with Crippen LogP contribution in [-0.2, 0) is 16.0 Å². The van der Waals surface area contributed by atoms with Crippen molar-refractivity contribution in [1.29, 1.82) is 0 Å². The molecule has 0 aromatic heterocycles. The van der Waals surface area contributed by atoms with E-state index in [0.717, 1.165) is 5.56 Å². The fourth-order valence-corrected chi connectivity index (χ4v) is 1.89. The second kappa shape index (κ2) is 7.28. The van der Waals surface area contributed by atoms with Gasteiger partial charge in [-0.2, -0.15) is 0 Å². The summed E-state index contributed by atoms with van der Waals surface area (Å²) in [6.07, 6.45) is -0.655. The second-order valence-corrected chi connectivity index (χ2v) is 4.80. The third-order valence-corrected chi connectivity index (χ3v) is 2.96. The molecule has 0 bridgehead atoms. The van der Waals surface area contributed by atoms with Gasteiger partial charge < -0.3 is 16.2 Å². The molecule has 1 aromatic carbocycles. The van der Waals surface area contributed by atoms with Crippen LogP contribution in [0.25, 0.3) is 0 Å². The molecule has 1 rings (SSSR count). The highest BCUT2D eigenvalue weighted by molar-refractivity contribution is 7.96. The predicted octanol–water partition coefficient (Wildman–Crippen LogP) is -0.122. The van der Waals surface area contributed by atoms with Crippen molar-refractivity contribution in [2.75, 3.05) is 0 Å². The summed E-state index contributed by atoms with van der Waals surface area (Å²) in [6.45, 7) is 1.40. The zero-order valence-corrected chi connectivity index (χ0v) is 11.5. The average Bonchev–Trinajstić information content (AvgIpc) is 2.35. The highest BCUT2D eigenvalue weighted by Gasteiger charge is 2.25. The van der Waals surface area contributed by atoms with Crippen LogP contribution in [0.15, 0.2) is 30.3 Å². The van der Waals surface area contributed by atoms with Crippen molar-refractivity contribution in [2.24, 2.45) is 5.73 Å². The van der Waals surface area contributed by atoms with E-state index < -0.39 is 29.2 Å². The van der Waals surface area contributed by atoms with Crippen LogP contribution in [0.2, 0.25) is 0 Å². The van der Waals surface area contributed by atoms with Crippen molar-refractivity contribution in [2.45, 2.75) is 31.5 Å². The van der Waals surface area contributed by atoms with E-state index in [0.29, 0.717) is 6.42 Å². The molecule has 0 aliphatic carbocycles. The third-order valence-electron chi connectivity index (χ3n) is 2.68. The number of carbonyl (C=O) groups is 2. The average molecular weight is 282 g/mol. The minimum Gasteiger partial charge on any atom is -0.391 e. The Bertz CT molecular complexity index is 437. The number of benzene rings is 1. The van der Waals surface area contributed by atoms with Crippen molar-refractivity contribution in [1.82, 2.24) is 5.32 Å². The Kier molecular flexibility index (Phi) is 6.01. The number of nitrogens with two attached hydrogens (primary N) is 1. The van der Waals surface area contributed by atoms with Crippen molar-refractivity contribution >= 4 is 23.7 Å². The Morgan fingerprint density at radius 1 is 1.37 bits per heavy atom. The number of aliphatic hydroxyl groups is 1. The van der Waals surface area contributed by atoms with Crippen LogP contribution in [0.1, 0.15) is 12.5 Å². The normalized spacial score (nSPS) is 15.4. The summed E-state index contributed by atoms with van der Waals surface area (Å²) < 4.78 is 0. The number of hydrogen-bond donors (Lipinski definition) is 4. The molecule has 104 valence electrons. The molecular weight excluding hydrogens is 264 g/mol. The lowest BCUT2D eigenvalue weighted by Crippen LogP contribution is -2.52. The molecule has 1 amide bonds. The number of amides is 1. The summed E-state index contributed by atoms with van der Waals surface area (Å²) in [5.41, 5.74) is 6.69. The summed E-state index contributed by atoms with van der Waals surface area (Å²) >= 11 is 3.62. The molecule has 0 aliphatic heterocycles. The summed E-state index contributed by atoms with van der Waals surface area (Å²) in [5, 5.41) is 11.2. The first kappa shape index (κ1) is 15.7. The largest absolute Gasteiger partial charge is 0.391 e. The lowest BCUT2D eigenvalue weighted by molar-refractivity contribution is -0.127. The van der Waals surface area contributed by atoms with E-state index in [1.165, 1.54) is 6.92 Å². The van der Waals surface area contributed by atoms with Crippen LogP contribution in [0.3, 0.4) is 0 Å². The smallest absolute Gasteiger partial charge is 0.237 e. The second-order valence-electron chi connectivity index (χ2n) is 4.36. The van der Waals surface area contributed by atoms with Gasteiger partial charge in [-0.1, -0.05) is 30.3 Å². The number of nitrogens with one attached hydrogen (secondary N) is 1. The highest BCUT2D eigenvalue weighted by Crippen LogP contribution is 2.03. The standard InChI is InChI=1S/C13H18N2O3S/c1-8(16)11(13(18)19)15-12(17)10(14)7-9-5-3-2-4-6-9/h2-6,8,10-11,16H,7,14H2,1H3,(H,15,17)(H,18,19)/t8-,10+,11+/m1/s1. The molecule has 5 nitrogen and oxygen atoms in total. The van der Waals surface area contributed by atoms with E-state index >= 15 is 0 Å². The zero-order valence-electron chi connectivity index (χ0n) is 10.6. The van der Waals surface area contributed by atoms with E-state index in [2.05, 4.69) is 17.9 Å². The number of thiol groups is 1. The van der Waals surface area contributed by atoms with Crippen LogP contribution in [0, 0.1) is 0 Å². The van der Waals surface area contributed by atoms with E-state index in [1.807, 2.05) is 30.3 Å². The fraction of sp³-hybridized carbons (Fsp3) is 0.385. The zero-order chi connectivity index (χ0) is 14.4. The Hall–Kier alpha value is -1.37. The van der Waals surface area contributed by atoms with Gasteiger partial charge in [0.25, 0.3) is 0 Å². The van der Waals surface area contributed by atoms with Crippen molar-refractivity contribution < 1.29 is 14.7 Å². The molecule has 0 heterocycles. The first-order valence-electron chi connectivity index (χ1n) is 5.92. The number of rotatable bonds is 6. The number of aliphatic hydroxyl groups excluding tert-OH is 1. The molecule has 0 radical (unpaired) electrons. The lowest BCUT2D eigenvalue weighted by Gasteiger charge is -2.20. The van der Waals surface area contributed by atoms with Crippen molar-refractivity contribution in [3.63, 3.8) is 0 Å². The van der Waals surface area contributed by atoms with Gasteiger partial charge in [0.1, 0.15) is 6.04 Å². The Morgan fingerprint density at radius 2 is 1.95 bits per heavy atom. The van der Waals surface area contributed by atoms with Gasteiger partial charge in [-0.05, 0) is 18.9 Å². The molecule has 0 spiro atoms. The van der Waals surface area contributed by atoms with Gasteiger partial charge in [0, 0.05) is 0 Å². The third kappa shape index (κ3) is 5.02. The van der Waals surface area contributed by atoms with E-state index in [1.54, 1.807) is 0 Å². The van der Waals surface area contributed by atoms with Crippen molar-refractivity contribution in [3.8, 4) is 0 Å². The lowest BCUT2D eigenvalue weighted by atomic mass is 10.1. The molecule has 0 saturated heterocycles. The first-order valence-corrected chi connectivity index (χ1v) is 6.37. The fourth-order valence-electron chi connectivity index (χ4n) is 1.61. The number of carbonyl (C=O) groups excluding carboxylic acids is 2. The van der Waals surface area contributed by atoms with E-state index in [-0.39, 0.29) is 0 Å².